The molecule has 0 fully saturated rings. The third-order valence-corrected chi connectivity index (χ3v) is 1.93. The van der Waals surface area contributed by atoms with Gasteiger partial charge in [-0.1, -0.05) is 0 Å². The van der Waals surface area contributed by atoms with Crippen molar-refractivity contribution in [3.63, 3.8) is 0 Å². The second-order valence-corrected chi connectivity index (χ2v) is 3.18. The smallest absolute Gasteiger partial charge is 0.310 e. The minimum Gasteiger partial charge on any atom is -0.466 e. The van der Waals surface area contributed by atoms with Gasteiger partial charge >= 0.3 is 5.97 Å². The zero-order valence-corrected chi connectivity index (χ0v) is 8.64. The first kappa shape index (κ1) is 11.6. The minimum atomic E-state index is -0.554. The average molecular weight is 214 g/mol. The van der Waals surface area contributed by atoms with Crippen molar-refractivity contribution in [3.8, 4) is 0 Å². The van der Waals surface area contributed by atoms with E-state index in [4.69, 9.17) is 0 Å². The van der Waals surface area contributed by atoms with Crippen molar-refractivity contribution in [2.45, 2.75) is 20.3 Å². The zero-order chi connectivity index (χ0) is 11.4. The number of carbonyl (C=O) groups excluding carboxylic acids is 1. The Morgan fingerprint density at radius 3 is 2.67 bits per heavy atom. The quantitative estimate of drug-likeness (QED) is 0.722. The van der Waals surface area contributed by atoms with E-state index < -0.39 is 17.6 Å². The van der Waals surface area contributed by atoms with Crippen LogP contribution in [0, 0.1) is 18.6 Å². The van der Waals surface area contributed by atoms with E-state index in [1.165, 1.54) is 6.92 Å². The van der Waals surface area contributed by atoms with Crippen molar-refractivity contribution >= 4 is 5.97 Å². The van der Waals surface area contributed by atoms with Gasteiger partial charge in [-0.3, -0.25) is 4.79 Å². The van der Waals surface area contributed by atoms with Crippen LogP contribution in [0.5, 0.6) is 0 Å². The summed E-state index contributed by atoms with van der Waals surface area (Å²) in [6.45, 7) is 3.34. The van der Waals surface area contributed by atoms with Gasteiger partial charge in [0.05, 0.1) is 13.0 Å². The molecule has 0 radical (unpaired) electrons. The number of benzene rings is 1. The Bertz CT molecular complexity index is 375. The molecule has 0 bridgehead atoms. The minimum absolute atomic E-state index is 0.0333. The van der Waals surface area contributed by atoms with Gasteiger partial charge < -0.3 is 4.74 Å². The van der Waals surface area contributed by atoms with Crippen LogP contribution in [0.3, 0.4) is 0 Å². The fourth-order valence-electron chi connectivity index (χ4n) is 1.29. The molecule has 2 nitrogen and oxygen atoms in total. The summed E-state index contributed by atoms with van der Waals surface area (Å²) in [7, 11) is 0. The molecule has 0 saturated carbocycles. The predicted molar refractivity (Wildman–Crippen MR) is 51.4 cm³/mol. The molecule has 1 aromatic rings. The van der Waals surface area contributed by atoms with Crippen molar-refractivity contribution in [1.29, 1.82) is 0 Å². The molecule has 0 spiro atoms. The monoisotopic (exact) mass is 214 g/mol. The third kappa shape index (κ3) is 3.01. The molecule has 0 aliphatic heterocycles. The van der Waals surface area contributed by atoms with E-state index in [0.29, 0.717) is 0 Å². The first-order valence-electron chi connectivity index (χ1n) is 4.64. The molecule has 0 unspecified atom stereocenters. The van der Waals surface area contributed by atoms with Crippen LogP contribution < -0.4 is 0 Å². The number of aryl methyl sites for hydroxylation is 1. The summed E-state index contributed by atoms with van der Waals surface area (Å²) < 4.78 is 31.0. The van der Waals surface area contributed by atoms with E-state index in [1.807, 2.05) is 0 Å². The average Bonchev–Trinajstić information content (AvgIpc) is 2.13. The largest absolute Gasteiger partial charge is 0.466 e. The molecular weight excluding hydrogens is 202 g/mol. The zero-order valence-electron chi connectivity index (χ0n) is 8.64. The summed E-state index contributed by atoms with van der Waals surface area (Å²) >= 11 is 0. The lowest BCUT2D eigenvalue weighted by atomic mass is 10.1. The number of halogens is 2. The Morgan fingerprint density at radius 2 is 2.07 bits per heavy atom. The standard InChI is InChI=1S/C11H12F2O2/c1-3-15-10(14)6-8-5-9(12)4-7(2)11(8)13/h4-5H,3,6H2,1-2H3. The Balaban J connectivity index is 2.89. The van der Waals surface area contributed by atoms with Crippen molar-refractivity contribution in [1.82, 2.24) is 0 Å². The number of hydrogen-bond acceptors (Lipinski definition) is 2. The molecule has 15 heavy (non-hydrogen) atoms. The van der Waals surface area contributed by atoms with Gasteiger partial charge in [0.15, 0.2) is 0 Å². The Labute approximate surface area is 86.9 Å². The van der Waals surface area contributed by atoms with Gasteiger partial charge in [0, 0.05) is 5.56 Å². The van der Waals surface area contributed by atoms with Crippen molar-refractivity contribution < 1.29 is 18.3 Å². The summed E-state index contributed by atoms with van der Waals surface area (Å²) in [5, 5.41) is 0. The Kier molecular flexibility index (Phi) is 3.77. The Hall–Kier alpha value is -1.45. The summed E-state index contributed by atoms with van der Waals surface area (Å²) in [5.41, 5.74) is 0.222. The van der Waals surface area contributed by atoms with Gasteiger partial charge in [-0.2, -0.15) is 0 Å². The molecule has 0 amide bonds. The van der Waals surface area contributed by atoms with E-state index in [-0.39, 0.29) is 24.2 Å². The highest BCUT2D eigenvalue weighted by Crippen LogP contribution is 2.15. The lowest BCUT2D eigenvalue weighted by Crippen LogP contribution is -2.09. The van der Waals surface area contributed by atoms with Gasteiger partial charge in [-0.15, -0.1) is 0 Å². The fraction of sp³-hybridized carbons (Fsp3) is 0.364. The van der Waals surface area contributed by atoms with Crippen LogP contribution >= 0.6 is 0 Å². The molecule has 0 aliphatic rings. The Morgan fingerprint density at radius 1 is 1.40 bits per heavy atom. The molecule has 0 heterocycles. The van der Waals surface area contributed by atoms with Crippen molar-refractivity contribution in [2.75, 3.05) is 6.61 Å². The highest BCUT2D eigenvalue weighted by Gasteiger charge is 2.12. The number of rotatable bonds is 3. The molecule has 0 aromatic heterocycles. The van der Waals surface area contributed by atoms with E-state index >= 15 is 0 Å². The lowest BCUT2D eigenvalue weighted by molar-refractivity contribution is -0.142. The van der Waals surface area contributed by atoms with Gasteiger partial charge in [-0.05, 0) is 31.5 Å². The summed E-state index contributed by atoms with van der Waals surface area (Å²) in [5.74, 6) is -1.65. The predicted octanol–water partition coefficient (Wildman–Crippen LogP) is 2.38. The van der Waals surface area contributed by atoms with Crippen molar-refractivity contribution in [3.05, 3.63) is 34.9 Å². The maximum absolute atomic E-state index is 13.4. The topological polar surface area (TPSA) is 26.3 Å². The fourth-order valence-corrected chi connectivity index (χ4v) is 1.29. The molecule has 82 valence electrons. The van der Waals surface area contributed by atoms with Gasteiger partial charge in [0.2, 0.25) is 0 Å². The SMILES string of the molecule is CCOC(=O)Cc1cc(F)cc(C)c1F. The van der Waals surface area contributed by atoms with E-state index in [0.717, 1.165) is 12.1 Å². The molecule has 0 N–H and O–H groups in total. The summed E-state index contributed by atoms with van der Waals surface area (Å²) in [6.07, 6.45) is -0.238. The molecule has 4 heteroatoms. The van der Waals surface area contributed by atoms with Crippen LogP contribution in [0.4, 0.5) is 8.78 Å². The first-order chi connectivity index (χ1) is 7.04. The van der Waals surface area contributed by atoms with Gasteiger partial charge in [0.1, 0.15) is 11.6 Å². The number of hydrogen-bond donors (Lipinski definition) is 0. The van der Waals surface area contributed by atoms with E-state index in [1.54, 1.807) is 6.92 Å². The summed E-state index contributed by atoms with van der Waals surface area (Å²) in [6, 6.07) is 2.10. The summed E-state index contributed by atoms with van der Waals surface area (Å²) in [4.78, 5) is 11.1. The van der Waals surface area contributed by atoms with Crippen LogP contribution in [-0.4, -0.2) is 12.6 Å². The lowest BCUT2D eigenvalue weighted by Gasteiger charge is -2.05. The highest BCUT2D eigenvalue weighted by atomic mass is 19.1. The number of esters is 1. The normalized spacial score (nSPS) is 10.1. The van der Waals surface area contributed by atoms with Crippen LogP contribution in [0.25, 0.3) is 0 Å². The maximum atomic E-state index is 13.4. The molecule has 0 atom stereocenters. The highest BCUT2D eigenvalue weighted by molar-refractivity contribution is 5.72. The molecule has 1 aromatic carbocycles. The number of carbonyl (C=O) groups is 1. The first-order valence-corrected chi connectivity index (χ1v) is 4.64. The molecule has 1 rings (SSSR count). The second-order valence-electron chi connectivity index (χ2n) is 3.18. The van der Waals surface area contributed by atoms with Crippen LogP contribution in [0.2, 0.25) is 0 Å². The van der Waals surface area contributed by atoms with Crippen molar-refractivity contribution in [2.24, 2.45) is 0 Å². The number of ether oxygens (including phenoxy) is 1. The van der Waals surface area contributed by atoms with E-state index in [2.05, 4.69) is 4.74 Å². The van der Waals surface area contributed by atoms with Gasteiger partial charge in [0.25, 0.3) is 0 Å². The molecule has 0 aliphatic carbocycles. The molecule has 0 saturated heterocycles. The second kappa shape index (κ2) is 4.87. The van der Waals surface area contributed by atoms with Crippen LogP contribution in [0.15, 0.2) is 12.1 Å². The van der Waals surface area contributed by atoms with Crippen LogP contribution in [0.1, 0.15) is 18.1 Å². The van der Waals surface area contributed by atoms with E-state index in [9.17, 15) is 13.6 Å². The molecular formula is C11H12F2O2. The van der Waals surface area contributed by atoms with Gasteiger partial charge in [-0.25, -0.2) is 8.78 Å². The third-order valence-electron chi connectivity index (χ3n) is 1.93. The maximum Gasteiger partial charge on any atom is 0.310 e. The van der Waals surface area contributed by atoms with Crippen LogP contribution in [-0.2, 0) is 16.0 Å².